The highest BCUT2D eigenvalue weighted by Crippen LogP contribution is 2.44. The fourth-order valence-corrected chi connectivity index (χ4v) is 5.07. The molecule has 5 aromatic rings. The molecule has 0 radical (unpaired) electrons. The fourth-order valence-electron chi connectivity index (χ4n) is 4.91. The van der Waals surface area contributed by atoms with Crippen molar-refractivity contribution in [1.29, 1.82) is 0 Å². The van der Waals surface area contributed by atoms with Gasteiger partial charge in [0.15, 0.2) is 0 Å². The number of carbonyl (C=O) groups excluding carboxylic acids is 1. The Morgan fingerprint density at radius 3 is 2.60 bits per heavy atom. The van der Waals surface area contributed by atoms with Crippen LogP contribution < -0.4 is 10.1 Å². The molecule has 0 saturated carbocycles. The van der Waals surface area contributed by atoms with Crippen molar-refractivity contribution >= 4 is 23.2 Å². The van der Waals surface area contributed by atoms with Gasteiger partial charge in [-0.05, 0) is 51.7 Å². The second-order valence-corrected chi connectivity index (χ2v) is 9.75. The first-order valence-corrected chi connectivity index (χ1v) is 13.0. The van der Waals surface area contributed by atoms with Crippen LogP contribution >= 0.6 is 11.6 Å². The monoisotopic (exact) mass is 551 g/mol. The van der Waals surface area contributed by atoms with E-state index in [1.165, 1.54) is 12.1 Å². The number of tetrazole rings is 1. The lowest BCUT2D eigenvalue weighted by atomic mass is 9.87. The molecule has 0 saturated heterocycles. The van der Waals surface area contributed by atoms with Crippen LogP contribution in [0.3, 0.4) is 0 Å². The molecule has 2 N–H and O–H groups in total. The Balaban J connectivity index is 1.47. The van der Waals surface area contributed by atoms with Crippen LogP contribution in [0.25, 0.3) is 22.5 Å². The zero-order chi connectivity index (χ0) is 27.5. The van der Waals surface area contributed by atoms with E-state index >= 15 is 0 Å². The molecule has 7 nitrogen and oxygen atoms in total. The molecule has 6 rings (SSSR count). The Morgan fingerprint density at radius 1 is 1.02 bits per heavy atom. The number of halogens is 2. The van der Waals surface area contributed by atoms with Gasteiger partial charge < -0.3 is 10.1 Å². The molecule has 0 spiro atoms. The van der Waals surface area contributed by atoms with Crippen molar-refractivity contribution in [2.24, 2.45) is 0 Å². The number of aromatic amines is 1. The molecular formula is C31H23ClFN5O2. The van der Waals surface area contributed by atoms with Gasteiger partial charge in [-0.1, -0.05) is 84.4 Å². The molecule has 1 aromatic heterocycles. The van der Waals surface area contributed by atoms with E-state index in [9.17, 15) is 9.18 Å². The van der Waals surface area contributed by atoms with E-state index in [1.807, 2.05) is 54.6 Å². The van der Waals surface area contributed by atoms with Crippen molar-refractivity contribution in [1.82, 2.24) is 20.6 Å². The Labute approximate surface area is 234 Å². The molecule has 1 atom stereocenters. The molecule has 2 heterocycles. The molecule has 198 valence electrons. The summed E-state index contributed by atoms with van der Waals surface area (Å²) in [6.07, 6.45) is 3.91. The molecule has 0 fully saturated rings. The number of benzene rings is 4. The predicted octanol–water partition coefficient (Wildman–Crippen LogP) is 6.59. The molecule has 9 heteroatoms. The Kier molecular flexibility index (Phi) is 7.08. The average molecular weight is 552 g/mol. The van der Waals surface area contributed by atoms with Gasteiger partial charge in [-0.15, -0.1) is 10.2 Å². The number of rotatable bonds is 6. The maximum Gasteiger partial charge on any atom is 0.229 e. The number of allylic oxidation sites excluding steroid dienone is 1. The molecule has 0 bridgehead atoms. The number of hydrogen-bond donors (Lipinski definition) is 2. The lowest BCUT2D eigenvalue weighted by Gasteiger charge is -2.21. The molecule has 40 heavy (non-hydrogen) atoms. The van der Waals surface area contributed by atoms with Crippen LogP contribution in [-0.2, 0) is 11.2 Å². The van der Waals surface area contributed by atoms with Crippen LogP contribution in [-0.4, -0.2) is 33.1 Å². The van der Waals surface area contributed by atoms with E-state index in [0.29, 0.717) is 23.9 Å². The first-order valence-electron chi connectivity index (χ1n) is 12.7. The summed E-state index contributed by atoms with van der Waals surface area (Å²) in [6.45, 7) is 0.337. The maximum absolute atomic E-state index is 14.5. The zero-order valence-corrected chi connectivity index (χ0v) is 21.9. The summed E-state index contributed by atoms with van der Waals surface area (Å²) in [6, 6.07) is 26.0. The van der Waals surface area contributed by atoms with E-state index in [0.717, 1.165) is 27.8 Å². The number of aromatic nitrogens is 4. The first kappa shape index (κ1) is 25.5. The third kappa shape index (κ3) is 5.21. The summed E-state index contributed by atoms with van der Waals surface area (Å²) in [5.41, 5.74) is 5.15. The van der Waals surface area contributed by atoms with Crippen molar-refractivity contribution in [3.8, 4) is 28.3 Å². The van der Waals surface area contributed by atoms with Crippen molar-refractivity contribution < 1.29 is 13.9 Å². The SMILES string of the molecule is O=C(Cc1ccc(Cl)cc1F)Nc1cc(-c2ccccc2-c2nn[nH]n2)cc2c1OCC=CC2c1ccccc1. The van der Waals surface area contributed by atoms with E-state index < -0.39 is 5.82 Å². The summed E-state index contributed by atoms with van der Waals surface area (Å²) in [7, 11) is 0. The summed E-state index contributed by atoms with van der Waals surface area (Å²) in [5.74, 6) is -0.0343. The molecule has 1 aliphatic heterocycles. The lowest BCUT2D eigenvalue weighted by molar-refractivity contribution is -0.115. The zero-order valence-electron chi connectivity index (χ0n) is 21.1. The third-order valence-corrected chi connectivity index (χ3v) is 6.96. The van der Waals surface area contributed by atoms with E-state index in [-0.39, 0.29) is 28.8 Å². The normalized spacial score (nSPS) is 14.2. The van der Waals surface area contributed by atoms with Gasteiger partial charge in [-0.3, -0.25) is 4.79 Å². The Bertz CT molecular complexity index is 1710. The Hall–Kier alpha value is -4.82. The minimum absolute atomic E-state index is 0.125. The maximum atomic E-state index is 14.5. The minimum Gasteiger partial charge on any atom is -0.487 e. The van der Waals surface area contributed by atoms with Gasteiger partial charge >= 0.3 is 0 Å². The van der Waals surface area contributed by atoms with E-state index in [1.54, 1.807) is 6.07 Å². The third-order valence-electron chi connectivity index (χ3n) is 6.73. The first-order chi connectivity index (χ1) is 19.6. The quantitative estimate of drug-likeness (QED) is 0.232. The van der Waals surface area contributed by atoms with Crippen molar-refractivity contribution in [3.05, 3.63) is 125 Å². The highest BCUT2D eigenvalue weighted by molar-refractivity contribution is 6.30. The second kappa shape index (κ2) is 11.1. The minimum atomic E-state index is -0.533. The number of carbonyl (C=O) groups is 1. The smallest absolute Gasteiger partial charge is 0.229 e. The van der Waals surface area contributed by atoms with Gasteiger partial charge in [0.25, 0.3) is 0 Å². The van der Waals surface area contributed by atoms with Crippen LogP contribution in [0.5, 0.6) is 5.75 Å². The van der Waals surface area contributed by atoms with Crippen LogP contribution in [0, 0.1) is 5.82 Å². The van der Waals surface area contributed by atoms with Crippen LogP contribution in [0.15, 0.2) is 97.1 Å². The molecule has 1 unspecified atom stereocenters. The van der Waals surface area contributed by atoms with E-state index in [2.05, 4.69) is 50.2 Å². The predicted molar refractivity (Wildman–Crippen MR) is 152 cm³/mol. The largest absolute Gasteiger partial charge is 0.487 e. The number of hydrogen-bond acceptors (Lipinski definition) is 5. The number of nitrogens with one attached hydrogen (secondary N) is 2. The van der Waals surface area contributed by atoms with Crippen LogP contribution in [0.2, 0.25) is 5.02 Å². The molecule has 0 aliphatic carbocycles. The van der Waals surface area contributed by atoms with Crippen LogP contribution in [0.1, 0.15) is 22.6 Å². The number of nitrogens with zero attached hydrogens (tertiary/aromatic N) is 3. The second-order valence-electron chi connectivity index (χ2n) is 9.31. The number of fused-ring (bicyclic) bond motifs is 1. The number of amides is 1. The Morgan fingerprint density at radius 2 is 1.82 bits per heavy atom. The molecular weight excluding hydrogens is 529 g/mol. The summed E-state index contributed by atoms with van der Waals surface area (Å²) < 4.78 is 20.6. The highest BCUT2D eigenvalue weighted by Gasteiger charge is 2.25. The standard InChI is InChI=1S/C31H23ClFN5O2/c32-22-13-12-20(27(33)18-22)17-29(39)34-28-16-21(24-9-4-5-10-25(24)31-35-37-38-36-31)15-26-23(11-6-14-40-30(26)28)19-7-2-1-3-8-19/h1-13,15-16,18,23H,14,17H2,(H,34,39)(H,35,36,37,38). The summed E-state index contributed by atoms with van der Waals surface area (Å²) in [4.78, 5) is 13.2. The fraction of sp³-hybridized carbons (Fsp3) is 0.0968. The van der Waals surface area contributed by atoms with Crippen molar-refractivity contribution in [2.75, 3.05) is 11.9 Å². The molecule has 1 amide bonds. The van der Waals surface area contributed by atoms with Gasteiger partial charge in [-0.2, -0.15) is 5.21 Å². The van der Waals surface area contributed by atoms with Crippen LogP contribution in [0.4, 0.5) is 10.1 Å². The summed E-state index contributed by atoms with van der Waals surface area (Å²) in [5, 5.41) is 17.8. The van der Waals surface area contributed by atoms with Gasteiger partial charge in [-0.25, -0.2) is 4.39 Å². The van der Waals surface area contributed by atoms with Gasteiger partial charge in [0, 0.05) is 22.1 Å². The highest BCUT2D eigenvalue weighted by atomic mass is 35.5. The number of ether oxygens (including phenoxy) is 1. The van der Waals surface area contributed by atoms with Crippen molar-refractivity contribution in [3.63, 3.8) is 0 Å². The average Bonchev–Trinajstić information content (AvgIpc) is 3.42. The number of anilines is 1. The van der Waals surface area contributed by atoms with Crippen molar-refractivity contribution in [2.45, 2.75) is 12.3 Å². The van der Waals surface area contributed by atoms with Gasteiger partial charge in [0.1, 0.15) is 18.2 Å². The van der Waals surface area contributed by atoms with Gasteiger partial charge in [0.05, 0.1) is 12.1 Å². The van der Waals surface area contributed by atoms with E-state index in [4.69, 9.17) is 16.3 Å². The summed E-state index contributed by atoms with van der Waals surface area (Å²) >= 11 is 5.89. The molecule has 1 aliphatic rings. The molecule has 4 aromatic carbocycles. The topological polar surface area (TPSA) is 92.8 Å². The van der Waals surface area contributed by atoms with Gasteiger partial charge in [0.2, 0.25) is 11.7 Å². The lowest BCUT2D eigenvalue weighted by Crippen LogP contribution is -2.17. The number of H-pyrrole nitrogens is 1.